The van der Waals surface area contributed by atoms with Crippen LogP contribution in [0.3, 0.4) is 0 Å². The molecule has 1 aromatic heterocycles. The van der Waals surface area contributed by atoms with Gasteiger partial charge in [0.05, 0.1) is 5.92 Å². The summed E-state index contributed by atoms with van der Waals surface area (Å²) in [5.41, 5.74) is 2.23. The molecule has 2 heterocycles. The molecule has 1 unspecified atom stereocenters. The van der Waals surface area contributed by atoms with E-state index in [9.17, 15) is 4.79 Å². The minimum absolute atomic E-state index is 0.0308. The fraction of sp³-hybridized carbons (Fsp3) is 0.538. The molecule has 0 aliphatic carbocycles. The van der Waals surface area contributed by atoms with Crippen LogP contribution in [0.4, 0.5) is 0 Å². The van der Waals surface area contributed by atoms with Crippen LogP contribution in [0.25, 0.3) is 0 Å². The highest BCUT2D eigenvalue weighted by molar-refractivity contribution is 5.85. The van der Waals surface area contributed by atoms with Crippen LogP contribution in [-0.4, -0.2) is 10.9 Å². The first-order valence-corrected chi connectivity index (χ1v) is 5.99. The highest BCUT2D eigenvalue weighted by Gasteiger charge is 2.22. The number of amides is 1. The summed E-state index contributed by atoms with van der Waals surface area (Å²) in [5, 5.41) is 2.81. The molecule has 0 saturated carbocycles. The molecular weight excluding hydrogens is 200 g/mol. The van der Waals surface area contributed by atoms with Crippen molar-refractivity contribution in [3.05, 3.63) is 29.6 Å². The van der Waals surface area contributed by atoms with Crippen LogP contribution >= 0.6 is 0 Å². The van der Waals surface area contributed by atoms with Crippen LogP contribution in [0.2, 0.25) is 0 Å². The third-order valence-corrected chi connectivity index (χ3v) is 2.25. The summed E-state index contributed by atoms with van der Waals surface area (Å²) >= 11 is 0. The first-order chi connectivity index (χ1) is 7.79. The van der Waals surface area contributed by atoms with Crippen molar-refractivity contribution in [3.63, 3.8) is 0 Å². The van der Waals surface area contributed by atoms with Gasteiger partial charge in [-0.15, -0.1) is 0 Å². The van der Waals surface area contributed by atoms with E-state index in [2.05, 4.69) is 10.3 Å². The Kier molecular flexibility index (Phi) is 7.18. The first-order valence-electron chi connectivity index (χ1n) is 5.99. The Morgan fingerprint density at radius 2 is 1.94 bits per heavy atom. The topological polar surface area (TPSA) is 42.0 Å². The summed E-state index contributed by atoms with van der Waals surface area (Å²) in [7, 11) is 0. The molecule has 0 saturated heterocycles. The Morgan fingerprint density at radius 3 is 2.56 bits per heavy atom. The summed E-state index contributed by atoms with van der Waals surface area (Å²) in [4.78, 5) is 15.2. The van der Waals surface area contributed by atoms with Gasteiger partial charge in [0.1, 0.15) is 0 Å². The van der Waals surface area contributed by atoms with Gasteiger partial charge in [-0.25, -0.2) is 0 Å². The highest BCUT2D eigenvalue weighted by atomic mass is 16.1. The van der Waals surface area contributed by atoms with E-state index in [0.717, 1.165) is 11.1 Å². The Bertz CT molecular complexity index is 323. The second-order valence-electron chi connectivity index (χ2n) is 3.01. The summed E-state index contributed by atoms with van der Waals surface area (Å²) < 4.78 is 0. The van der Waals surface area contributed by atoms with Gasteiger partial charge in [0.15, 0.2) is 0 Å². The van der Waals surface area contributed by atoms with Crippen LogP contribution in [0.1, 0.15) is 51.7 Å². The average molecular weight is 222 g/mol. The Balaban J connectivity index is 0.000000509. The summed E-state index contributed by atoms with van der Waals surface area (Å²) in [6.07, 6.45) is 3.54. The zero-order valence-corrected chi connectivity index (χ0v) is 10.9. The van der Waals surface area contributed by atoms with E-state index in [1.807, 2.05) is 46.9 Å². The quantitative estimate of drug-likeness (QED) is 0.733. The van der Waals surface area contributed by atoms with Crippen LogP contribution in [0.15, 0.2) is 18.5 Å². The number of carbonyl (C=O) groups is 1. The lowest BCUT2D eigenvalue weighted by Gasteiger charge is -2.21. The Hall–Kier alpha value is -1.38. The molecular formula is C13H22N2O. The normalized spacial score (nSPS) is 16.8. The fourth-order valence-corrected chi connectivity index (χ4v) is 1.48. The molecule has 16 heavy (non-hydrogen) atoms. The summed E-state index contributed by atoms with van der Waals surface area (Å²) in [6, 6.07) is 1.92. The number of hydrogen-bond acceptors (Lipinski definition) is 2. The van der Waals surface area contributed by atoms with Gasteiger partial charge in [0, 0.05) is 18.9 Å². The number of fused-ring (bicyclic) bond motifs is 1. The van der Waals surface area contributed by atoms with E-state index in [-0.39, 0.29) is 11.8 Å². The van der Waals surface area contributed by atoms with E-state index in [4.69, 9.17) is 0 Å². The van der Waals surface area contributed by atoms with E-state index in [1.165, 1.54) is 0 Å². The monoisotopic (exact) mass is 222 g/mol. The summed E-state index contributed by atoms with van der Waals surface area (Å²) in [6.45, 7) is 10.5. The maximum Gasteiger partial charge on any atom is 0.227 e. The molecule has 1 aliphatic rings. The van der Waals surface area contributed by atoms with Gasteiger partial charge in [-0.05, 0) is 24.1 Å². The number of pyridine rings is 1. The van der Waals surface area contributed by atoms with Gasteiger partial charge in [-0.1, -0.05) is 27.7 Å². The number of aromatic nitrogens is 1. The van der Waals surface area contributed by atoms with Gasteiger partial charge in [-0.3, -0.25) is 9.78 Å². The van der Waals surface area contributed by atoms with E-state index in [0.29, 0.717) is 6.54 Å². The van der Waals surface area contributed by atoms with Gasteiger partial charge >= 0.3 is 0 Å². The largest absolute Gasteiger partial charge is 0.351 e. The first kappa shape index (κ1) is 14.6. The standard InChI is InChI=1S/C9H10N2O.2C2H6/c1-6-8-2-3-10-4-7(8)5-11-9(6)12;2*1-2/h2-4,6H,5H2,1H3,(H,11,12);2*1-2H3. The maximum absolute atomic E-state index is 11.2. The molecule has 0 fully saturated rings. The van der Waals surface area contributed by atoms with Crippen LogP contribution < -0.4 is 5.32 Å². The molecule has 1 aromatic rings. The van der Waals surface area contributed by atoms with Crippen molar-refractivity contribution in [1.29, 1.82) is 0 Å². The molecule has 1 N–H and O–H groups in total. The third-order valence-electron chi connectivity index (χ3n) is 2.25. The van der Waals surface area contributed by atoms with Crippen LogP contribution in [0, 0.1) is 0 Å². The second-order valence-corrected chi connectivity index (χ2v) is 3.01. The Labute approximate surface area is 98.3 Å². The molecule has 90 valence electrons. The fourth-order valence-electron chi connectivity index (χ4n) is 1.48. The van der Waals surface area contributed by atoms with Crippen molar-refractivity contribution in [2.24, 2.45) is 0 Å². The number of nitrogens with zero attached hydrogens (tertiary/aromatic N) is 1. The Morgan fingerprint density at radius 1 is 1.31 bits per heavy atom. The third kappa shape index (κ3) is 3.33. The van der Waals surface area contributed by atoms with Gasteiger partial charge < -0.3 is 5.32 Å². The predicted molar refractivity (Wildman–Crippen MR) is 67.2 cm³/mol. The molecule has 1 amide bonds. The minimum atomic E-state index is -0.0308. The van der Waals surface area contributed by atoms with Crippen molar-refractivity contribution in [3.8, 4) is 0 Å². The molecule has 2 rings (SSSR count). The van der Waals surface area contributed by atoms with E-state index < -0.39 is 0 Å². The molecule has 1 atom stereocenters. The van der Waals surface area contributed by atoms with Crippen molar-refractivity contribution in [2.45, 2.75) is 47.1 Å². The SMILES string of the molecule is CC.CC.CC1C(=O)NCc2cnccc21. The molecule has 3 nitrogen and oxygen atoms in total. The van der Waals surface area contributed by atoms with Gasteiger partial charge in [-0.2, -0.15) is 0 Å². The number of carbonyl (C=O) groups excluding carboxylic acids is 1. The number of nitrogens with one attached hydrogen (secondary N) is 1. The summed E-state index contributed by atoms with van der Waals surface area (Å²) in [5.74, 6) is 0.0745. The van der Waals surface area contributed by atoms with Crippen LogP contribution in [-0.2, 0) is 11.3 Å². The molecule has 0 spiro atoms. The molecule has 0 bridgehead atoms. The van der Waals surface area contributed by atoms with Crippen molar-refractivity contribution >= 4 is 5.91 Å². The lowest BCUT2D eigenvalue weighted by atomic mass is 9.93. The maximum atomic E-state index is 11.2. The minimum Gasteiger partial charge on any atom is -0.351 e. The smallest absolute Gasteiger partial charge is 0.227 e. The van der Waals surface area contributed by atoms with Crippen molar-refractivity contribution in [2.75, 3.05) is 0 Å². The number of rotatable bonds is 0. The van der Waals surface area contributed by atoms with Crippen molar-refractivity contribution < 1.29 is 4.79 Å². The highest BCUT2D eigenvalue weighted by Crippen LogP contribution is 2.22. The predicted octanol–water partition coefficient (Wildman–Crippen LogP) is 2.87. The molecule has 1 aliphatic heterocycles. The lowest BCUT2D eigenvalue weighted by Crippen LogP contribution is -2.33. The van der Waals surface area contributed by atoms with Crippen LogP contribution in [0.5, 0.6) is 0 Å². The van der Waals surface area contributed by atoms with Crippen molar-refractivity contribution in [1.82, 2.24) is 10.3 Å². The second kappa shape index (κ2) is 7.85. The average Bonchev–Trinajstić information content (AvgIpc) is 2.39. The zero-order chi connectivity index (χ0) is 12.6. The number of hydrogen-bond donors (Lipinski definition) is 1. The zero-order valence-electron chi connectivity index (χ0n) is 10.9. The van der Waals surface area contributed by atoms with E-state index >= 15 is 0 Å². The van der Waals surface area contributed by atoms with E-state index in [1.54, 1.807) is 6.20 Å². The lowest BCUT2D eigenvalue weighted by molar-refractivity contribution is -0.122. The molecule has 0 radical (unpaired) electrons. The van der Waals surface area contributed by atoms with Gasteiger partial charge in [0.25, 0.3) is 0 Å². The molecule has 0 aromatic carbocycles. The van der Waals surface area contributed by atoms with Gasteiger partial charge in [0.2, 0.25) is 5.91 Å². The molecule has 3 heteroatoms.